The number of hydrogen-bond donors (Lipinski definition) is 0. The van der Waals surface area contributed by atoms with Gasteiger partial charge in [0.25, 0.3) is 10.0 Å². The summed E-state index contributed by atoms with van der Waals surface area (Å²) in [4.78, 5) is 17.1. The lowest BCUT2D eigenvalue weighted by atomic mass is 10.0. The van der Waals surface area contributed by atoms with Crippen molar-refractivity contribution in [2.24, 2.45) is 0 Å². The van der Waals surface area contributed by atoms with Gasteiger partial charge in [-0.2, -0.15) is 0 Å². The third kappa shape index (κ3) is 4.81. The van der Waals surface area contributed by atoms with E-state index < -0.39 is 27.5 Å². The molecular weight excluding hydrogens is 457 g/mol. The highest BCUT2D eigenvalue weighted by Gasteiger charge is 2.34. The number of anilines is 1. The number of aromatic nitrogens is 1. The molecule has 0 bridgehead atoms. The standard InChI is InChI=1S/C25H30FN3O4S/c1-25(2,3)33-24(30)29(19-10-13-27(4)14-11-19)23-17-18(26)16-22-21(23)12-15-28(22)34(31,32)20-8-6-5-7-9-20/h5-9,12,15-17,19H,10-11,13-14H2,1-4H3. The molecule has 1 fully saturated rings. The van der Waals surface area contributed by atoms with Gasteiger partial charge in [0.2, 0.25) is 0 Å². The number of fused-ring (bicyclic) bond motifs is 1. The molecule has 3 aromatic rings. The van der Waals surface area contributed by atoms with Crippen LogP contribution >= 0.6 is 0 Å². The number of nitrogens with zero attached hydrogens (tertiary/aromatic N) is 3. The summed E-state index contributed by atoms with van der Waals surface area (Å²) >= 11 is 0. The summed E-state index contributed by atoms with van der Waals surface area (Å²) in [7, 11) is -1.94. The van der Waals surface area contributed by atoms with Crippen LogP contribution in [0.15, 0.2) is 59.6 Å². The Morgan fingerprint density at radius 2 is 1.74 bits per heavy atom. The molecule has 0 radical (unpaired) electrons. The van der Waals surface area contributed by atoms with Crippen molar-refractivity contribution in [3.8, 4) is 0 Å². The van der Waals surface area contributed by atoms with E-state index in [0.29, 0.717) is 23.9 Å². The van der Waals surface area contributed by atoms with E-state index in [0.717, 1.165) is 17.1 Å². The Kier molecular flexibility index (Phi) is 6.44. The minimum absolute atomic E-state index is 0.0950. The fraction of sp³-hybridized carbons (Fsp3) is 0.400. The van der Waals surface area contributed by atoms with Crippen LogP contribution in [0.5, 0.6) is 0 Å². The molecule has 0 aliphatic carbocycles. The van der Waals surface area contributed by atoms with Gasteiger partial charge in [0.05, 0.1) is 16.1 Å². The Bertz CT molecular complexity index is 1290. The Hall–Kier alpha value is -2.91. The van der Waals surface area contributed by atoms with Crippen LogP contribution in [0.4, 0.5) is 14.9 Å². The summed E-state index contributed by atoms with van der Waals surface area (Å²) in [6.07, 6.45) is 2.21. The van der Waals surface area contributed by atoms with Gasteiger partial charge in [0.1, 0.15) is 11.4 Å². The fourth-order valence-corrected chi connectivity index (χ4v) is 5.65. The highest BCUT2D eigenvalue weighted by atomic mass is 32.2. The number of benzene rings is 2. The minimum Gasteiger partial charge on any atom is -0.443 e. The molecule has 34 heavy (non-hydrogen) atoms. The zero-order chi connectivity index (χ0) is 24.7. The molecule has 9 heteroatoms. The predicted octanol–water partition coefficient (Wildman–Crippen LogP) is 4.85. The van der Waals surface area contributed by atoms with E-state index in [-0.39, 0.29) is 16.5 Å². The number of ether oxygens (including phenoxy) is 1. The number of amides is 1. The summed E-state index contributed by atoms with van der Waals surface area (Å²) in [5, 5.41) is 0.464. The van der Waals surface area contributed by atoms with E-state index in [1.165, 1.54) is 35.4 Å². The van der Waals surface area contributed by atoms with Crippen molar-refractivity contribution in [1.29, 1.82) is 0 Å². The average Bonchev–Trinajstić information content (AvgIpc) is 3.19. The Morgan fingerprint density at radius 3 is 2.35 bits per heavy atom. The average molecular weight is 488 g/mol. The quantitative estimate of drug-likeness (QED) is 0.526. The Labute approximate surface area is 199 Å². The molecule has 0 spiro atoms. The number of piperidine rings is 1. The zero-order valence-corrected chi connectivity index (χ0v) is 20.7. The van der Waals surface area contributed by atoms with Crippen molar-refractivity contribution in [3.63, 3.8) is 0 Å². The van der Waals surface area contributed by atoms with E-state index >= 15 is 0 Å². The maximum atomic E-state index is 14.9. The van der Waals surface area contributed by atoms with E-state index in [1.54, 1.807) is 45.0 Å². The SMILES string of the molecule is CN1CCC(N(C(=O)OC(C)(C)C)c2cc(F)cc3c2ccn3S(=O)(=O)c2ccccc2)CC1. The smallest absolute Gasteiger partial charge is 0.415 e. The molecule has 0 unspecified atom stereocenters. The molecule has 2 heterocycles. The first-order valence-corrected chi connectivity index (χ1v) is 12.7. The molecule has 0 saturated carbocycles. The molecule has 1 saturated heterocycles. The third-order valence-electron chi connectivity index (χ3n) is 5.92. The van der Waals surface area contributed by atoms with Crippen molar-refractivity contribution in [2.45, 2.75) is 50.2 Å². The second-order valence-electron chi connectivity index (χ2n) is 9.67. The molecule has 182 valence electrons. The van der Waals surface area contributed by atoms with Gasteiger partial charge in [0.15, 0.2) is 0 Å². The molecular formula is C25H30FN3O4S. The van der Waals surface area contributed by atoms with E-state index in [1.807, 2.05) is 7.05 Å². The summed E-state index contributed by atoms with van der Waals surface area (Å²) < 4.78 is 48.3. The lowest BCUT2D eigenvalue weighted by Gasteiger charge is -2.38. The molecule has 0 N–H and O–H groups in total. The Morgan fingerprint density at radius 1 is 1.09 bits per heavy atom. The summed E-state index contributed by atoms with van der Waals surface area (Å²) in [5.41, 5.74) is -0.267. The van der Waals surface area contributed by atoms with Gasteiger partial charge in [0, 0.05) is 17.6 Å². The van der Waals surface area contributed by atoms with Gasteiger partial charge in [-0.25, -0.2) is 21.6 Å². The topological polar surface area (TPSA) is 71.8 Å². The molecule has 1 aliphatic rings. The van der Waals surface area contributed by atoms with Gasteiger partial charge in [-0.3, -0.25) is 4.90 Å². The van der Waals surface area contributed by atoms with Gasteiger partial charge in [-0.15, -0.1) is 0 Å². The van der Waals surface area contributed by atoms with Crippen LogP contribution in [-0.2, 0) is 14.8 Å². The van der Waals surface area contributed by atoms with Crippen LogP contribution in [0.3, 0.4) is 0 Å². The van der Waals surface area contributed by atoms with E-state index in [2.05, 4.69) is 4.90 Å². The van der Waals surface area contributed by atoms with E-state index in [4.69, 9.17) is 4.74 Å². The second kappa shape index (κ2) is 9.03. The molecule has 1 aromatic heterocycles. The first kappa shape index (κ1) is 24.2. The monoisotopic (exact) mass is 487 g/mol. The van der Waals surface area contributed by atoms with Gasteiger partial charge in [-0.1, -0.05) is 18.2 Å². The van der Waals surface area contributed by atoms with Gasteiger partial charge >= 0.3 is 6.09 Å². The van der Waals surface area contributed by atoms with Crippen LogP contribution < -0.4 is 4.90 Å². The van der Waals surface area contributed by atoms with Crippen LogP contribution in [0, 0.1) is 5.82 Å². The zero-order valence-electron chi connectivity index (χ0n) is 19.9. The van der Waals surface area contributed by atoms with Crippen molar-refractivity contribution in [3.05, 3.63) is 60.5 Å². The lowest BCUT2D eigenvalue weighted by Crippen LogP contribution is -2.48. The number of carbonyl (C=O) groups is 1. The second-order valence-corrected chi connectivity index (χ2v) is 11.5. The van der Waals surface area contributed by atoms with Crippen LogP contribution in [0.2, 0.25) is 0 Å². The number of halogens is 1. The first-order valence-electron chi connectivity index (χ1n) is 11.3. The maximum absolute atomic E-state index is 14.9. The van der Waals surface area contributed by atoms with E-state index in [9.17, 15) is 17.6 Å². The molecule has 0 atom stereocenters. The largest absolute Gasteiger partial charge is 0.443 e. The predicted molar refractivity (Wildman–Crippen MR) is 130 cm³/mol. The molecule has 4 rings (SSSR count). The fourth-order valence-electron chi connectivity index (χ4n) is 4.29. The van der Waals surface area contributed by atoms with Crippen molar-refractivity contribution >= 4 is 32.7 Å². The summed E-state index contributed by atoms with van der Waals surface area (Å²) in [5.74, 6) is -0.632. The normalized spacial score (nSPS) is 16.0. The van der Waals surface area contributed by atoms with Gasteiger partial charge < -0.3 is 9.64 Å². The number of rotatable bonds is 4. The molecule has 1 aliphatic heterocycles. The van der Waals surface area contributed by atoms with Crippen molar-refractivity contribution in [1.82, 2.24) is 8.87 Å². The number of likely N-dealkylation sites (tertiary alicyclic amines) is 1. The number of hydrogen-bond acceptors (Lipinski definition) is 5. The van der Waals surface area contributed by atoms with Crippen molar-refractivity contribution in [2.75, 3.05) is 25.0 Å². The van der Waals surface area contributed by atoms with Crippen LogP contribution in [0.1, 0.15) is 33.6 Å². The third-order valence-corrected chi connectivity index (χ3v) is 7.62. The first-order chi connectivity index (χ1) is 16.0. The molecule has 2 aromatic carbocycles. The lowest BCUT2D eigenvalue weighted by molar-refractivity contribution is 0.0551. The van der Waals surface area contributed by atoms with Crippen molar-refractivity contribution < 1.29 is 22.3 Å². The molecule has 1 amide bonds. The minimum atomic E-state index is -3.95. The van der Waals surface area contributed by atoms with Gasteiger partial charge in [-0.05, 0) is 84.1 Å². The molecule has 7 nitrogen and oxygen atoms in total. The maximum Gasteiger partial charge on any atom is 0.415 e. The highest BCUT2D eigenvalue weighted by molar-refractivity contribution is 7.90. The van der Waals surface area contributed by atoms with Crippen LogP contribution in [0.25, 0.3) is 10.9 Å². The summed E-state index contributed by atoms with van der Waals surface area (Å²) in [6.45, 7) is 6.91. The highest BCUT2D eigenvalue weighted by Crippen LogP contribution is 2.35. The number of carbonyl (C=O) groups excluding carboxylic acids is 1. The Balaban J connectivity index is 1.86. The van der Waals surface area contributed by atoms with Crippen LogP contribution in [-0.4, -0.2) is 55.2 Å². The summed E-state index contributed by atoms with van der Waals surface area (Å²) in [6, 6.07) is 11.8.